The van der Waals surface area contributed by atoms with Gasteiger partial charge in [0, 0.05) is 19.1 Å². The van der Waals surface area contributed by atoms with E-state index in [1.165, 1.54) is 58.2 Å². The molecule has 0 aromatic carbocycles. The second-order valence-corrected chi connectivity index (χ2v) is 7.17. The van der Waals surface area contributed by atoms with Gasteiger partial charge in [-0.15, -0.1) is 0 Å². The third-order valence-electron chi connectivity index (χ3n) is 6.09. The summed E-state index contributed by atoms with van der Waals surface area (Å²) in [5.41, 5.74) is 1.04. The maximum absolute atomic E-state index is 5.56. The average molecular weight is 282 g/mol. The van der Waals surface area contributed by atoms with E-state index in [9.17, 15) is 0 Å². The fourth-order valence-electron chi connectivity index (χ4n) is 4.23. The maximum atomic E-state index is 5.56. The van der Waals surface area contributed by atoms with Gasteiger partial charge in [-0.2, -0.15) is 0 Å². The minimum absolute atomic E-state index is 0.401. The number of hydrogen-bond acceptors (Lipinski definition) is 3. The highest BCUT2D eigenvalue weighted by Gasteiger charge is 2.37. The first kappa shape index (κ1) is 16.3. The quantitative estimate of drug-likeness (QED) is 0.811. The van der Waals surface area contributed by atoms with Gasteiger partial charge in [0.05, 0.1) is 6.61 Å². The molecule has 2 saturated heterocycles. The first-order valence-electron chi connectivity index (χ1n) is 8.60. The number of ether oxygens (including phenoxy) is 1. The number of piperidine rings is 2. The zero-order valence-corrected chi connectivity index (χ0v) is 13.8. The van der Waals surface area contributed by atoms with Crippen LogP contribution < -0.4 is 5.32 Å². The third-order valence-corrected chi connectivity index (χ3v) is 6.09. The van der Waals surface area contributed by atoms with Crippen molar-refractivity contribution in [1.82, 2.24) is 10.2 Å². The Kier molecular flexibility index (Phi) is 5.88. The van der Waals surface area contributed by atoms with Crippen molar-refractivity contribution in [3.05, 3.63) is 0 Å². The summed E-state index contributed by atoms with van der Waals surface area (Å²) in [5, 5.41) is 3.49. The lowest BCUT2D eigenvalue weighted by atomic mass is 9.73. The van der Waals surface area contributed by atoms with Crippen molar-refractivity contribution in [2.45, 2.75) is 52.4 Å². The number of rotatable bonds is 6. The van der Waals surface area contributed by atoms with Crippen molar-refractivity contribution >= 4 is 0 Å². The first-order valence-corrected chi connectivity index (χ1v) is 8.60. The van der Waals surface area contributed by atoms with Crippen LogP contribution in [-0.4, -0.2) is 51.3 Å². The van der Waals surface area contributed by atoms with Gasteiger partial charge in [0.15, 0.2) is 0 Å². The Morgan fingerprint density at radius 1 is 0.950 bits per heavy atom. The molecule has 3 heteroatoms. The molecule has 0 aliphatic carbocycles. The van der Waals surface area contributed by atoms with E-state index in [1.807, 2.05) is 7.11 Å². The van der Waals surface area contributed by atoms with Crippen LogP contribution >= 0.6 is 0 Å². The summed E-state index contributed by atoms with van der Waals surface area (Å²) >= 11 is 0. The third kappa shape index (κ3) is 3.75. The standard InChI is InChI=1S/C17H34N2O/c1-4-16(5-2)8-12-19(13-9-16)14-17(15-20-3)6-10-18-11-7-17/h18H,4-15H2,1-3H3. The van der Waals surface area contributed by atoms with Gasteiger partial charge in [-0.1, -0.05) is 26.7 Å². The van der Waals surface area contributed by atoms with E-state index in [0.717, 1.165) is 19.7 Å². The molecule has 0 unspecified atom stereocenters. The van der Waals surface area contributed by atoms with Crippen molar-refractivity contribution in [2.75, 3.05) is 46.4 Å². The summed E-state index contributed by atoms with van der Waals surface area (Å²) < 4.78 is 5.56. The van der Waals surface area contributed by atoms with E-state index >= 15 is 0 Å². The summed E-state index contributed by atoms with van der Waals surface area (Å²) in [7, 11) is 1.86. The lowest BCUT2D eigenvalue weighted by molar-refractivity contribution is 0.00107. The van der Waals surface area contributed by atoms with E-state index < -0.39 is 0 Å². The van der Waals surface area contributed by atoms with Crippen LogP contribution in [-0.2, 0) is 4.74 Å². The van der Waals surface area contributed by atoms with Crippen LogP contribution in [0, 0.1) is 10.8 Å². The van der Waals surface area contributed by atoms with Crippen LogP contribution in [0.2, 0.25) is 0 Å². The molecular weight excluding hydrogens is 248 g/mol. The fourth-order valence-corrected chi connectivity index (χ4v) is 4.23. The predicted octanol–water partition coefficient (Wildman–Crippen LogP) is 2.90. The largest absolute Gasteiger partial charge is 0.384 e. The van der Waals surface area contributed by atoms with Gasteiger partial charge in [0.2, 0.25) is 0 Å². The average Bonchev–Trinajstić information content (AvgIpc) is 2.49. The normalized spacial score (nSPS) is 26.6. The number of nitrogens with zero attached hydrogens (tertiary/aromatic N) is 1. The second-order valence-electron chi connectivity index (χ2n) is 7.17. The molecular formula is C17H34N2O. The van der Waals surface area contributed by atoms with Gasteiger partial charge in [0.1, 0.15) is 0 Å². The SMILES string of the molecule is CCC1(CC)CCN(CC2(COC)CCNCC2)CC1. The Morgan fingerprint density at radius 3 is 2.05 bits per heavy atom. The molecule has 0 radical (unpaired) electrons. The van der Waals surface area contributed by atoms with Crippen LogP contribution in [0.25, 0.3) is 0 Å². The van der Waals surface area contributed by atoms with Gasteiger partial charge in [-0.25, -0.2) is 0 Å². The van der Waals surface area contributed by atoms with Crippen molar-refractivity contribution in [1.29, 1.82) is 0 Å². The lowest BCUT2D eigenvalue weighted by Crippen LogP contribution is -2.50. The Bertz CT molecular complexity index is 267. The topological polar surface area (TPSA) is 24.5 Å². The predicted molar refractivity (Wildman–Crippen MR) is 85.1 cm³/mol. The Morgan fingerprint density at radius 2 is 1.55 bits per heavy atom. The lowest BCUT2D eigenvalue weighted by Gasteiger charge is -2.46. The van der Waals surface area contributed by atoms with Crippen molar-refractivity contribution < 1.29 is 4.74 Å². The molecule has 2 rings (SSSR count). The van der Waals surface area contributed by atoms with Crippen LogP contribution in [0.3, 0.4) is 0 Å². The zero-order valence-electron chi connectivity index (χ0n) is 13.8. The Balaban J connectivity index is 1.89. The van der Waals surface area contributed by atoms with E-state index in [0.29, 0.717) is 10.8 Å². The summed E-state index contributed by atoms with van der Waals surface area (Å²) in [5.74, 6) is 0. The first-order chi connectivity index (χ1) is 9.67. The molecule has 2 fully saturated rings. The molecule has 20 heavy (non-hydrogen) atoms. The highest BCUT2D eigenvalue weighted by molar-refractivity contribution is 4.91. The number of likely N-dealkylation sites (tertiary alicyclic amines) is 1. The van der Waals surface area contributed by atoms with Gasteiger partial charge in [-0.05, 0) is 57.3 Å². The molecule has 118 valence electrons. The van der Waals surface area contributed by atoms with E-state index in [-0.39, 0.29) is 0 Å². The summed E-state index contributed by atoms with van der Waals surface area (Å²) in [6.07, 6.45) is 8.02. The smallest absolute Gasteiger partial charge is 0.0531 e. The number of nitrogens with one attached hydrogen (secondary N) is 1. The molecule has 2 heterocycles. The monoisotopic (exact) mass is 282 g/mol. The molecule has 0 bridgehead atoms. The van der Waals surface area contributed by atoms with E-state index in [1.54, 1.807) is 0 Å². The molecule has 0 saturated carbocycles. The highest BCUT2D eigenvalue weighted by atomic mass is 16.5. The minimum atomic E-state index is 0.401. The molecule has 3 nitrogen and oxygen atoms in total. The van der Waals surface area contributed by atoms with E-state index in [2.05, 4.69) is 24.1 Å². The maximum Gasteiger partial charge on any atom is 0.0531 e. The Labute approximate surface area is 125 Å². The molecule has 0 spiro atoms. The molecule has 1 N–H and O–H groups in total. The second kappa shape index (κ2) is 7.24. The van der Waals surface area contributed by atoms with Crippen LogP contribution in [0.4, 0.5) is 0 Å². The van der Waals surface area contributed by atoms with Crippen LogP contribution in [0.15, 0.2) is 0 Å². The summed E-state index contributed by atoms with van der Waals surface area (Å²) in [6.45, 7) is 11.8. The van der Waals surface area contributed by atoms with Crippen molar-refractivity contribution in [3.63, 3.8) is 0 Å². The number of methoxy groups -OCH3 is 1. The van der Waals surface area contributed by atoms with Gasteiger partial charge in [-0.3, -0.25) is 0 Å². The highest BCUT2D eigenvalue weighted by Crippen LogP contribution is 2.39. The molecule has 0 aromatic rings. The van der Waals surface area contributed by atoms with Gasteiger partial charge >= 0.3 is 0 Å². The molecule has 2 aliphatic rings. The van der Waals surface area contributed by atoms with Crippen LogP contribution in [0.5, 0.6) is 0 Å². The molecule has 0 atom stereocenters. The summed E-state index contributed by atoms with van der Waals surface area (Å²) in [6, 6.07) is 0. The van der Waals surface area contributed by atoms with Gasteiger partial charge < -0.3 is 15.0 Å². The van der Waals surface area contributed by atoms with Crippen molar-refractivity contribution in [2.24, 2.45) is 10.8 Å². The Hall–Kier alpha value is -0.120. The van der Waals surface area contributed by atoms with Gasteiger partial charge in [0.25, 0.3) is 0 Å². The molecule has 0 aromatic heterocycles. The zero-order chi connectivity index (χ0) is 14.5. The number of hydrogen-bond donors (Lipinski definition) is 1. The van der Waals surface area contributed by atoms with E-state index in [4.69, 9.17) is 4.74 Å². The molecule has 2 aliphatic heterocycles. The molecule has 0 amide bonds. The van der Waals surface area contributed by atoms with Crippen LogP contribution in [0.1, 0.15) is 52.4 Å². The fraction of sp³-hybridized carbons (Fsp3) is 1.00. The minimum Gasteiger partial charge on any atom is -0.384 e. The van der Waals surface area contributed by atoms with Crippen molar-refractivity contribution in [3.8, 4) is 0 Å². The summed E-state index contributed by atoms with van der Waals surface area (Å²) in [4.78, 5) is 2.72.